The van der Waals surface area contributed by atoms with Crippen LogP contribution in [-0.4, -0.2) is 22.1 Å². The summed E-state index contributed by atoms with van der Waals surface area (Å²) in [6, 6.07) is 36.2. The second-order valence-electron chi connectivity index (χ2n) is 9.18. The topological polar surface area (TPSA) is 52.0 Å². The lowest BCUT2D eigenvalue weighted by Gasteiger charge is -2.14. The van der Waals surface area contributed by atoms with Crippen LogP contribution < -0.4 is 0 Å². The van der Waals surface area contributed by atoms with E-state index in [1.165, 1.54) is 0 Å². The molecule has 6 aromatic carbocycles. The van der Waals surface area contributed by atoms with E-state index in [2.05, 4.69) is 47.0 Å². The maximum atomic E-state index is 11.8. The second-order valence-corrected chi connectivity index (χ2v) is 9.18. The fourth-order valence-electron chi connectivity index (χ4n) is 5.42. The Kier molecular flexibility index (Phi) is 4.73. The van der Waals surface area contributed by atoms with Crippen LogP contribution in [0.4, 0.5) is 0 Å². The smallest absolute Gasteiger partial charge is 0.150 e. The zero-order chi connectivity index (χ0) is 24.9. The van der Waals surface area contributed by atoms with Crippen molar-refractivity contribution in [1.29, 1.82) is 0 Å². The summed E-state index contributed by atoms with van der Waals surface area (Å²) in [6.45, 7) is 0. The van der Waals surface area contributed by atoms with Crippen LogP contribution in [0, 0.1) is 0 Å². The number of fused-ring (bicyclic) bond motifs is 7. The first-order valence-corrected chi connectivity index (χ1v) is 12.1. The number of carbonyl (C=O) groups is 2. The van der Waals surface area contributed by atoms with Gasteiger partial charge in [-0.25, -0.2) is 4.98 Å². The first kappa shape index (κ1) is 21.2. The van der Waals surface area contributed by atoms with E-state index in [1.54, 1.807) is 0 Å². The summed E-state index contributed by atoms with van der Waals surface area (Å²) < 4.78 is 2.18. The Labute approximate surface area is 212 Å². The molecule has 174 valence electrons. The maximum absolute atomic E-state index is 11.8. The minimum Gasteiger partial charge on any atom is -0.298 e. The van der Waals surface area contributed by atoms with E-state index in [-0.39, 0.29) is 0 Å². The molecule has 0 aliphatic heterocycles. The van der Waals surface area contributed by atoms with Gasteiger partial charge in [-0.2, -0.15) is 0 Å². The number of imidazole rings is 1. The Bertz CT molecular complexity index is 2020. The molecule has 0 unspecified atom stereocenters. The average Bonchev–Trinajstić information content (AvgIpc) is 3.38. The third kappa shape index (κ3) is 3.20. The lowest BCUT2D eigenvalue weighted by Crippen LogP contribution is -1.98. The highest BCUT2D eigenvalue weighted by Gasteiger charge is 2.21. The highest BCUT2D eigenvalue weighted by atomic mass is 16.1. The highest BCUT2D eigenvalue weighted by Crippen LogP contribution is 2.40. The van der Waals surface area contributed by atoms with Crippen molar-refractivity contribution < 1.29 is 9.59 Å². The number of para-hydroxylation sites is 1. The van der Waals surface area contributed by atoms with Crippen LogP contribution in [0.5, 0.6) is 0 Å². The van der Waals surface area contributed by atoms with Crippen LogP contribution in [0.1, 0.15) is 20.7 Å². The number of aromatic nitrogens is 2. The molecule has 0 spiro atoms. The van der Waals surface area contributed by atoms with E-state index < -0.39 is 0 Å². The third-order valence-electron chi connectivity index (χ3n) is 7.08. The summed E-state index contributed by atoms with van der Waals surface area (Å²) in [6.07, 6.45) is 1.74. The number of aldehydes is 2. The van der Waals surface area contributed by atoms with Gasteiger partial charge in [0.2, 0.25) is 0 Å². The van der Waals surface area contributed by atoms with Crippen LogP contribution in [-0.2, 0) is 0 Å². The minimum absolute atomic E-state index is 0.596. The lowest BCUT2D eigenvalue weighted by molar-refractivity contribution is 0.111. The van der Waals surface area contributed by atoms with Crippen LogP contribution >= 0.6 is 0 Å². The van der Waals surface area contributed by atoms with Crippen molar-refractivity contribution in [3.63, 3.8) is 0 Å². The Morgan fingerprint density at radius 3 is 1.97 bits per heavy atom. The Balaban J connectivity index is 1.76. The fourth-order valence-corrected chi connectivity index (χ4v) is 5.42. The summed E-state index contributed by atoms with van der Waals surface area (Å²) in [5, 5.41) is 6.08. The van der Waals surface area contributed by atoms with Gasteiger partial charge in [0.05, 0.1) is 11.0 Å². The van der Waals surface area contributed by atoms with Gasteiger partial charge in [0.1, 0.15) is 18.4 Å². The van der Waals surface area contributed by atoms with Gasteiger partial charge in [-0.1, -0.05) is 84.9 Å². The van der Waals surface area contributed by atoms with Crippen molar-refractivity contribution in [3.8, 4) is 17.1 Å². The monoisotopic (exact) mass is 476 g/mol. The van der Waals surface area contributed by atoms with Crippen molar-refractivity contribution in [2.45, 2.75) is 0 Å². The molecule has 1 aromatic heterocycles. The molecule has 0 amide bonds. The van der Waals surface area contributed by atoms with Gasteiger partial charge in [0, 0.05) is 33.2 Å². The Hall–Kier alpha value is -5.09. The second kappa shape index (κ2) is 8.25. The van der Waals surface area contributed by atoms with Crippen molar-refractivity contribution in [1.82, 2.24) is 9.55 Å². The van der Waals surface area contributed by atoms with Crippen LogP contribution in [0.2, 0.25) is 0 Å². The van der Waals surface area contributed by atoms with E-state index in [1.807, 2.05) is 66.7 Å². The predicted octanol–water partition coefficient (Wildman–Crippen LogP) is 7.78. The molecule has 1 heterocycles. The molecular weight excluding hydrogens is 456 g/mol. The molecule has 0 saturated carbocycles. The zero-order valence-electron chi connectivity index (χ0n) is 19.8. The summed E-state index contributed by atoms with van der Waals surface area (Å²) in [7, 11) is 0. The normalized spacial score (nSPS) is 11.5. The largest absolute Gasteiger partial charge is 0.298 e. The molecule has 0 saturated heterocycles. The van der Waals surface area contributed by atoms with Gasteiger partial charge >= 0.3 is 0 Å². The average molecular weight is 477 g/mol. The van der Waals surface area contributed by atoms with Crippen LogP contribution in [0.25, 0.3) is 60.4 Å². The van der Waals surface area contributed by atoms with E-state index >= 15 is 0 Å². The molecule has 7 aromatic rings. The van der Waals surface area contributed by atoms with Crippen molar-refractivity contribution in [3.05, 3.63) is 120 Å². The van der Waals surface area contributed by atoms with Crippen LogP contribution in [0.3, 0.4) is 0 Å². The standard InChI is InChI=1S/C33H20N2O2/c36-19-21-13-15-26-27-16-14-22(20-37)18-30(27)32-31(29(26)17-21)34-33(35(32)24-9-2-1-3-10-24)28-12-6-8-23-7-4-5-11-25(23)28/h1-20H. The zero-order valence-corrected chi connectivity index (χ0v) is 19.8. The van der Waals surface area contributed by atoms with Gasteiger partial charge in [0.25, 0.3) is 0 Å². The molecular formula is C33H20N2O2. The number of nitrogens with zero attached hydrogens (tertiary/aromatic N) is 2. The van der Waals surface area contributed by atoms with Crippen LogP contribution in [0.15, 0.2) is 109 Å². The molecule has 0 atom stereocenters. The minimum atomic E-state index is 0.596. The molecule has 0 radical (unpaired) electrons. The van der Waals surface area contributed by atoms with Gasteiger partial charge < -0.3 is 0 Å². The summed E-state index contributed by atoms with van der Waals surface area (Å²) >= 11 is 0. The first-order valence-electron chi connectivity index (χ1n) is 12.1. The van der Waals surface area contributed by atoms with Crippen molar-refractivity contribution >= 4 is 55.9 Å². The first-order chi connectivity index (χ1) is 18.3. The molecule has 4 nitrogen and oxygen atoms in total. The van der Waals surface area contributed by atoms with Gasteiger partial charge in [-0.05, 0) is 45.8 Å². The lowest BCUT2D eigenvalue weighted by atomic mass is 9.97. The van der Waals surface area contributed by atoms with Gasteiger partial charge in [-0.15, -0.1) is 0 Å². The maximum Gasteiger partial charge on any atom is 0.150 e. The molecule has 7 rings (SSSR count). The third-order valence-corrected chi connectivity index (χ3v) is 7.08. The molecule has 0 N–H and O–H groups in total. The number of hydrogen-bond donors (Lipinski definition) is 0. The predicted molar refractivity (Wildman–Crippen MR) is 150 cm³/mol. The molecule has 0 aliphatic carbocycles. The van der Waals surface area contributed by atoms with E-state index in [4.69, 9.17) is 4.98 Å². The number of benzene rings is 6. The molecule has 0 aliphatic rings. The number of carbonyl (C=O) groups excluding carboxylic acids is 2. The molecule has 0 fully saturated rings. The fraction of sp³-hybridized carbons (Fsp3) is 0. The van der Waals surface area contributed by atoms with E-state index in [9.17, 15) is 9.59 Å². The Morgan fingerprint density at radius 1 is 0.568 bits per heavy atom. The van der Waals surface area contributed by atoms with Crippen molar-refractivity contribution in [2.75, 3.05) is 0 Å². The van der Waals surface area contributed by atoms with E-state index in [0.29, 0.717) is 11.1 Å². The SMILES string of the molecule is O=Cc1ccc2c3ccc(C=O)cc3c3c(nc(-c4cccc5ccccc45)n3-c3ccccc3)c2c1. The van der Waals surface area contributed by atoms with Crippen molar-refractivity contribution in [2.24, 2.45) is 0 Å². The van der Waals surface area contributed by atoms with Gasteiger partial charge in [-0.3, -0.25) is 14.2 Å². The summed E-state index contributed by atoms with van der Waals surface area (Å²) in [5.41, 5.74) is 4.88. The molecule has 37 heavy (non-hydrogen) atoms. The quantitative estimate of drug-likeness (QED) is 0.193. The molecule has 0 bridgehead atoms. The molecule has 4 heteroatoms. The highest BCUT2D eigenvalue weighted by molar-refractivity contribution is 6.25. The number of hydrogen-bond acceptors (Lipinski definition) is 3. The number of rotatable bonds is 4. The Morgan fingerprint density at radius 2 is 1.22 bits per heavy atom. The summed E-state index contributed by atoms with van der Waals surface area (Å²) in [4.78, 5) is 28.8. The van der Waals surface area contributed by atoms with Gasteiger partial charge in [0.15, 0.2) is 0 Å². The summed E-state index contributed by atoms with van der Waals surface area (Å²) in [5.74, 6) is 0.805. The van der Waals surface area contributed by atoms with E-state index in [0.717, 1.165) is 73.0 Å².